The van der Waals surface area contributed by atoms with Gasteiger partial charge >= 0.3 is 0 Å². The molecule has 0 aliphatic heterocycles. The molecule has 0 fully saturated rings. The molecule has 0 N–H and O–H groups in total. The molecule has 0 unspecified atom stereocenters. The Balaban J connectivity index is 4.93. The van der Waals surface area contributed by atoms with E-state index in [0.29, 0.717) is 26.1 Å². The summed E-state index contributed by atoms with van der Waals surface area (Å²) in [6, 6.07) is 0. The lowest BCUT2D eigenvalue weighted by Gasteiger charge is -2.25. The van der Waals surface area contributed by atoms with Gasteiger partial charge in [0.1, 0.15) is 13.6 Å². The van der Waals surface area contributed by atoms with Gasteiger partial charge in [0.25, 0.3) is 0 Å². The van der Waals surface area contributed by atoms with E-state index in [1.807, 2.05) is 13.8 Å². The molecule has 0 aliphatic rings. The van der Waals surface area contributed by atoms with Gasteiger partial charge in [-0.25, -0.2) is 0 Å². The smallest absolute Gasteiger partial charge is 0.167 e. The van der Waals surface area contributed by atoms with Crippen molar-refractivity contribution < 1.29 is 23.7 Å². The van der Waals surface area contributed by atoms with Crippen LogP contribution in [0.5, 0.6) is 0 Å². The molecule has 0 radical (unpaired) electrons. The van der Waals surface area contributed by atoms with Crippen molar-refractivity contribution in [3.63, 3.8) is 0 Å². The Bertz CT molecular complexity index is 366. The van der Waals surface area contributed by atoms with E-state index in [9.17, 15) is 0 Å². The largest absolute Gasteiger partial charge is 0.356 e. The Morgan fingerprint density at radius 3 is 1.52 bits per heavy atom. The lowest BCUT2D eigenvalue weighted by atomic mass is 10.1. The normalized spacial score (nSPS) is 15.2. The number of hydrogen-bond donors (Lipinski definition) is 0. The van der Waals surface area contributed by atoms with E-state index >= 15 is 0 Å². The number of halogens is 2. The Morgan fingerprint density at radius 1 is 0.778 bits per heavy atom. The molecular weight excluding hydrogens is 574 g/mol. The van der Waals surface area contributed by atoms with Crippen LogP contribution in [-0.4, -0.2) is 48.2 Å². The first kappa shape index (κ1) is 27.7. The van der Waals surface area contributed by atoms with Crippen LogP contribution in [0.4, 0.5) is 0 Å². The van der Waals surface area contributed by atoms with Crippen molar-refractivity contribution >= 4 is 45.2 Å². The van der Waals surface area contributed by atoms with Gasteiger partial charge in [0.05, 0.1) is 0 Å². The predicted molar refractivity (Wildman–Crippen MR) is 128 cm³/mol. The van der Waals surface area contributed by atoms with Crippen LogP contribution < -0.4 is 0 Å². The molecule has 160 valence electrons. The van der Waals surface area contributed by atoms with E-state index in [-0.39, 0.29) is 13.6 Å². The van der Waals surface area contributed by atoms with E-state index in [1.165, 1.54) is 11.1 Å². The van der Waals surface area contributed by atoms with Gasteiger partial charge in [-0.3, -0.25) is 0 Å². The second-order valence-corrected chi connectivity index (χ2v) is 8.17. The third-order valence-electron chi connectivity index (χ3n) is 3.57. The van der Waals surface area contributed by atoms with Crippen molar-refractivity contribution in [1.82, 2.24) is 0 Å². The molecule has 5 nitrogen and oxygen atoms in total. The highest BCUT2D eigenvalue weighted by atomic mass is 127. The fraction of sp³-hybridized carbons (Fsp3) is 0.800. The molecule has 0 heterocycles. The first-order valence-corrected chi connectivity index (χ1v) is 12.6. The predicted octanol–water partition coefficient (Wildman–Crippen LogP) is 6.00. The number of hydrogen-bond acceptors (Lipinski definition) is 5. The third kappa shape index (κ3) is 17.3. The van der Waals surface area contributed by atoms with Crippen LogP contribution in [0.1, 0.15) is 53.4 Å². The molecule has 27 heavy (non-hydrogen) atoms. The minimum atomic E-state index is -0.411. The summed E-state index contributed by atoms with van der Waals surface area (Å²) in [6.45, 7) is 9.74. The maximum absolute atomic E-state index is 6.16. The summed E-state index contributed by atoms with van der Waals surface area (Å²) in [4.78, 5) is 0. The number of alkyl halides is 2. The summed E-state index contributed by atoms with van der Waals surface area (Å²) in [5.74, 6) is 0. The fourth-order valence-corrected chi connectivity index (χ4v) is 2.79. The molecule has 0 aromatic carbocycles. The number of ether oxygens (including phenoxy) is 5. The molecule has 0 spiro atoms. The Labute approximate surface area is 192 Å². The Hall–Kier alpha value is 0.740. The summed E-state index contributed by atoms with van der Waals surface area (Å²) in [5.41, 5.74) is 2.49. The van der Waals surface area contributed by atoms with Crippen LogP contribution in [0, 0.1) is 0 Å². The average Bonchev–Trinajstić information content (AvgIpc) is 2.64. The van der Waals surface area contributed by atoms with E-state index in [1.54, 1.807) is 0 Å². The van der Waals surface area contributed by atoms with E-state index in [4.69, 9.17) is 23.7 Å². The quantitative estimate of drug-likeness (QED) is 0.0627. The van der Waals surface area contributed by atoms with Crippen LogP contribution in [0.25, 0.3) is 0 Å². The summed E-state index contributed by atoms with van der Waals surface area (Å²) in [6.07, 6.45) is 7.11. The fourth-order valence-electron chi connectivity index (χ4n) is 2.17. The molecule has 0 aliphatic carbocycles. The topological polar surface area (TPSA) is 46.2 Å². The van der Waals surface area contributed by atoms with Gasteiger partial charge in [-0.2, -0.15) is 0 Å². The lowest BCUT2D eigenvalue weighted by Crippen LogP contribution is -2.29. The highest BCUT2D eigenvalue weighted by molar-refractivity contribution is 14.1. The van der Waals surface area contributed by atoms with E-state index < -0.39 is 12.6 Å². The summed E-state index contributed by atoms with van der Waals surface area (Å²) in [7, 11) is 0. The lowest BCUT2D eigenvalue weighted by molar-refractivity contribution is -0.280. The molecule has 0 bridgehead atoms. The molecule has 0 saturated carbocycles. The van der Waals surface area contributed by atoms with Gasteiger partial charge < -0.3 is 23.7 Å². The summed E-state index contributed by atoms with van der Waals surface area (Å²) < 4.78 is 30.6. The van der Waals surface area contributed by atoms with Crippen molar-refractivity contribution in [3.8, 4) is 0 Å². The zero-order valence-corrected chi connectivity index (χ0v) is 21.5. The van der Waals surface area contributed by atoms with Crippen molar-refractivity contribution in [2.24, 2.45) is 0 Å². The Kier molecular flexibility index (Phi) is 20.6. The molecule has 0 aromatic heterocycles. The van der Waals surface area contributed by atoms with Crippen molar-refractivity contribution in [1.29, 1.82) is 0 Å². The van der Waals surface area contributed by atoms with Gasteiger partial charge in [-0.1, -0.05) is 68.5 Å². The van der Waals surface area contributed by atoms with Gasteiger partial charge in [-0.15, -0.1) is 0 Å². The van der Waals surface area contributed by atoms with Crippen molar-refractivity contribution in [2.75, 3.05) is 35.7 Å². The maximum Gasteiger partial charge on any atom is 0.167 e. The molecular formula is C20H36I2O5. The van der Waals surface area contributed by atoms with Gasteiger partial charge in [-0.05, 0) is 40.5 Å². The summed E-state index contributed by atoms with van der Waals surface area (Å²) >= 11 is 4.75. The molecule has 7 heteroatoms. The SMILES string of the molecule is CCOCO[C@@H](C/C(C)=C/CCI)O[C@H](C/C(C)=C/CCI)OCOCC. The Morgan fingerprint density at radius 2 is 1.19 bits per heavy atom. The second kappa shape index (κ2) is 20.0. The summed E-state index contributed by atoms with van der Waals surface area (Å²) in [5, 5.41) is 0. The zero-order valence-electron chi connectivity index (χ0n) is 17.2. The monoisotopic (exact) mass is 610 g/mol. The van der Waals surface area contributed by atoms with Crippen LogP contribution in [0.15, 0.2) is 23.3 Å². The van der Waals surface area contributed by atoms with Crippen LogP contribution in [-0.2, 0) is 23.7 Å². The van der Waals surface area contributed by atoms with Gasteiger partial charge in [0, 0.05) is 34.9 Å². The molecule has 0 amide bonds. The highest BCUT2D eigenvalue weighted by Gasteiger charge is 2.19. The zero-order chi connectivity index (χ0) is 20.3. The van der Waals surface area contributed by atoms with Crippen molar-refractivity contribution in [2.45, 2.75) is 66.0 Å². The van der Waals surface area contributed by atoms with E-state index in [0.717, 1.165) is 21.7 Å². The molecule has 0 saturated heterocycles. The van der Waals surface area contributed by atoms with Crippen molar-refractivity contribution in [3.05, 3.63) is 23.3 Å². The average molecular weight is 610 g/mol. The first-order chi connectivity index (χ1) is 13.1. The standard InChI is InChI=1S/C20H36I2O5/c1-5-23-15-25-19(13-17(3)9-7-11-21)27-20(26-16-24-6-2)14-18(4)10-8-12-22/h9-10,19-20H,5-8,11-16H2,1-4H3/b17-9+,18-10+/t19-,20-/m1/s1. The second-order valence-electron chi connectivity index (χ2n) is 6.01. The highest BCUT2D eigenvalue weighted by Crippen LogP contribution is 2.18. The first-order valence-electron chi connectivity index (χ1n) is 9.54. The van der Waals surface area contributed by atoms with Gasteiger partial charge in [0.15, 0.2) is 12.6 Å². The van der Waals surface area contributed by atoms with E-state index in [2.05, 4.69) is 71.2 Å². The maximum atomic E-state index is 6.16. The third-order valence-corrected chi connectivity index (χ3v) is 4.81. The van der Waals surface area contributed by atoms with Crippen LogP contribution >= 0.6 is 45.2 Å². The van der Waals surface area contributed by atoms with Gasteiger partial charge in [0.2, 0.25) is 0 Å². The molecule has 0 aromatic rings. The minimum absolute atomic E-state index is 0.211. The number of rotatable bonds is 18. The molecule has 0 rings (SSSR count). The molecule has 2 atom stereocenters. The van der Waals surface area contributed by atoms with Crippen LogP contribution in [0.3, 0.4) is 0 Å². The minimum Gasteiger partial charge on any atom is -0.356 e. The van der Waals surface area contributed by atoms with Crippen LogP contribution in [0.2, 0.25) is 0 Å². The number of allylic oxidation sites excluding steroid dienone is 2.